The summed E-state index contributed by atoms with van der Waals surface area (Å²) in [6.07, 6.45) is 10.3. The molecule has 2 unspecified atom stereocenters. The summed E-state index contributed by atoms with van der Waals surface area (Å²) in [5.74, 6) is 0.802. The van der Waals surface area contributed by atoms with E-state index in [0.717, 1.165) is 37.0 Å². The van der Waals surface area contributed by atoms with Gasteiger partial charge in [0.05, 0.1) is 12.7 Å². The topological polar surface area (TPSA) is 73.9 Å². The minimum absolute atomic E-state index is 0.353. The fraction of sp³-hybridized carbons (Fsp3) is 0.556. The number of hydrogen-bond acceptors (Lipinski definition) is 5. The highest BCUT2D eigenvalue weighted by Gasteiger charge is 2.09. The van der Waals surface area contributed by atoms with E-state index in [1.54, 1.807) is 0 Å². The van der Waals surface area contributed by atoms with Crippen LogP contribution in [0.3, 0.4) is 0 Å². The van der Waals surface area contributed by atoms with Crippen LogP contribution >= 0.6 is 0 Å². The van der Waals surface area contributed by atoms with Gasteiger partial charge in [-0.15, -0.1) is 0 Å². The molecular weight excluding hydrogens is 294 g/mol. The van der Waals surface area contributed by atoms with E-state index >= 15 is 0 Å². The quantitative estimate of drug-likeness (QED) is 0.253. The SMILES string of the molecule is NC(Cc1ccc(OCCOC2CC/C=C/CCC2)cc1)OO. The van der Waals surface area contributed by atoms with Crippen LogP contribution in [0.1, 0.15) is 37.7 Å². The molecule has 5 heteroatoms. The highest BCUT2D eigenvalue weighted by Crippen LogP contribution is 2.16. The summed E-state index contributed by atoms with van der Waals surface area (Å²) in [4.78, 5) is 4.06. The molecule has 1 aromatic rings. The maximum absolute atomic E-state index is 8.47. The van der Waals surface area contributed by atoms with Crippen molar-refractivity contribution in [2.24, 2.45) is 5.73 Å². The molecule has 0 bridgehead atoms. The Morgan fingerprint density at radius 2 is 1.87 bits per heavy atom. The molecule has 0 aromatic heterocycles. The van der Waals surface area contributed by atoms with E-state index in [0.29, 0.717) is 25.7 Å². The van der Waals surface area contributed by atoms with Crippen molar-refractivity contribution < 1.29 is 19.6 Å². The van der Waals surface area contributed by atoms with Crippen molar-refractivity contribution in [3.8, 4) is 5.75 Å². The Kier molecular flexibility index (Phi) is 8.11. The van der Waals surface area contributed by atoms with E-state index in [9.17, 15) is 0 Å². The summed E-state index contributed by atoms with van der Waals surface area (Å²) in [5.41, 5.74) is 6.49. The summed E-state index contributed by atoms with van der Waals surface area (Å²) in [6, 6.07) is 7.60. The van der Waals surface area contributed by atoms with Gasteiger partial charge in [0.25, 0.3) is 0 Å². The predicted molar refractivity (Wildman–Crippen MR) is 89.3 cm³/mol. The van der Waals surface area contributed by atoms with E-state index in [1.807, 2.05) is 24.3 Å². The van der Waals surface area contributed by atoms with Crippen LogP contribution in [0.5, 0.6) is 5.75 Å². The van der Waals surface area contributed by atoms with Crippen molar-refractivity contribution in [1.29, 1.82) is 0 Å². The molecule has 2 atom stereocenters. The van der Waals surface area contributed by atoms with Gasteiger partial charge in [-0.2, -0.15) is 0 Å². The lowest BCUT2D eigenvalue weighted by molar-refractivity contribution is -0.276. The lowest BCUT2D eigenvalue weighted by Gasteiger charge is -2.18. The van der Waals surface area contributed by atoms with Gasteiger partial charge < -0.3 is 15.2 Å². The molecule has 2 rings (SSSR count). The van der Waals surface area contributed by atoms with Crippen LogP contribution in [0.15, 0.2) is 36.4 Å². The molecule has 5 nitrogen and oxygen atoms in total. The van der Waals surface area contributed by atoms with Crippen LogP contribution in [0, 0.1) is 0 Å². The number of benzene rings is 1. The number of rotatable bonds is 8. The molecule has 23 heavy (non-hydrogen) atoms. The highest BCUT2D eigenvalue weighted by molar-refractivity contribution is 5.27. The van der Waals surface area contributed by atoms with E-state index in [4.69, 9.17) is 20.5 Å². The van der Waals surface area contributed by atoms with Gasteiger partial charge in [-0.3, -0.25) is 5.26 Å². The molecule has 1 aliphatic rings. The van der Waals surface area contributed by atoms with Crippen LogP contribution < -0.4 is 10.5 Å². The van der Waals surface area contributed by atoms with E-state index < -0.39 is 6.23 Å². The van der Waals surface area contributed by atoms with Crippen LogP contribution in [-0.4, -0.2) is 30.8 Å². The average Bonchev–Trinajstić information content (AvgIpc) is 2.54. The van der Waals surface area contributed by atoms with Crippen molar-refractivity contribution in [3.63, 3.8) is 0 Å². The zero-order valence-electron chi connectivity index (χ0n) is 13.5. The first-order valence-corrected chi connectivity index (χ1v) is 8.32. The first-order chi connectivity index (χ1) is 11.3. The molecule has 1 aliphatic carbocycles. The van der Waals surface area contributed by atoms with Crippen molar-refractivity contribution in [3.05, 3.63) is 42.0 Å². The zero-order valence-corrected chi connectivity index (χ0v) is 13.5. The van der Waals surface area contributed by atoms with Gasteiger partial charge in [0.1, 0.15) is 18.6 Å². The van der Waals surface area contributed by atoms with Crippen LogP contribution in [0.25, 0.3) is 0 Å². The summed E-state index contributed by atoms with van der Waals surface area (Å²) >= 11 is 0. The third-order valence-corrected chi connectivity index (χ3v) is 3.92. The van der Waals surface area contributed by atoms with Crippen molar-refractivity contribution >= 4 is 0 Å². The minimum Gasteiger partial charge on any atom is -0.491 e. The molecule has 0 heterocycles. The van der Waals surface area contributed by atoms with Gasteiger partial charge >= 0.3 is 0 Å². The molecule has 0 radical (unpaired) electrons. The molecule has 0 spiro atoms. The summed E-state index contributed by atoms with van der Waals surface area (Å²) < 4.78 is 11.6. The van der Waals surface area contributed by atoms with Gasteiger partial charge in [0.15, 0.2) is 0 Å². The van der Waals surface area contributed by atoms with Crippen molar-refractivity contribution in [1.82, 2.24) is 0 Å². The van der Waals surface area contributed by atoms with E-state index in [2.05, 4.69) is 17.0 Å². The minimum atomic E-state index is -0.700. The number of ether oxygens (including phenoxy) is 2. The standard InChI is InChI=1S/C18H27NO4/c19-18(23-20)14-15-8-10-17(11-9-15)22-13-12-21-16-6-4-2-1-3-5-7-16/h1-2,8-11,16,18,20H,3-7,12-14,19H2/b2-1+. The Bertz CT molecular complexity index is 461. The summed E-state index contributed by atoms with van der Waals surface area (Å²) in [7, 11) is 0. The molecule has 128 valence electrons. The molecule has 0 saturated carbocycles. The lowest BCUT2D eigenvalue weighted by Crippen LogP contribution is -2.24. The second-order valence-electron chi connectivity index (χ2n) is 5.81. The normalized spacial score (nSPS) is 21.2. The summed E-state index contributed by atoms with van der Waals surface area (Å²) in [6.45, 7) is 1.16. The largest absolute Gasteiger partial charge is 0.491 e. The highest BCUT2D eigenvalue weighted by atomic mass is 17.1. The van der Waals surface area contributed by atoms with Crippen molar-refractivity contribution in [2.45, 2.75) is 50.9 Å². The van der Waals surface area contributed by atoms with E-state index in [1.165, 1.54) is 6.42 Å². The second-order valence-corrected chi connectivity index (χ2v) is 5.81. The van der Waals surface area contributed by atoms with Gasteiger partial charge in [-0.25, -0.2) is 4.89 Å². The number of hydrogen-bond donors (Lipinski definition) is 2. The Morgan fingerprint density at radius 3 is 2.65 bits per heavy atom. The van der Waals surface area contributed by atoms with Crippen molar-refractivity contribution in [2.75, 3.05) is 13.2 Å². The van der Waals surface area contributed by atoms with E-state index in [-0.39, 0.29) is 0 Å². The smallest absolute Gasteiger partial charge is 0.145 e. The second kappa shape index (κ2) is 10.4. The lowest BCUT2D eigenvalue weighted by atomic mass is 10.0. The maximum atomic E-state index is 8.47. The molecule has 1 aromatic carbocycles. The Hall–Kier alpha value is -1.40. The summed E-state index contributed by atoms with van der Waals surface area (Å²) in [5, 5.41) is 8.47. The van der Waals surface area contributed by atoms with Crippen LogP contribution in [0.2, 0.25) is 0 Å². The molecule has 0 amide bonds. The zero-order chi connectivity index (χ0) is 16.3. The number of allylic oxidation sites excluding steroid dienone is 2. The predicted octanol–water partition coefficient (Wildman–Crippen LogP) is 3.29. The molecule has 3 N–H and O–H groups in total. The average molecular weight is 321 g/mol. The Labute approximate surface area is 138 Å². The Balaban J connectivity index is 1.64. The first kappa shape index (κ1) is 17.9. The van der Waals surface area contributed by atoms with Crippen LogP contribution in [0.4, 0.5) is 0 Å². The van der Waals surface area contributed by atoms with Gasteiger partial charge in [-0.05, 0) is 49.8 Å². The molecular formula is C18H27NO4. The molecule has 0 fully saturated rings. The van der Waals surface area contributed by atoms with Gasteiger partial charge in [0.2, 0.25) is 0 Å². The van der Waals surface area contributed by atoms with Gasteiger partial charge in [0, 0.05) is 6.42 Å². The van der Waals surface area contributed by atoms with Crippen LogP contribution in [-0.2, 0) is 16.0 Å². The number of nitrogens with two attached hydrogens (primary N) is 1. The third kappa shape index (κ3) is 7.14. The maximum Gasteiger partial charge on any atom is 0.145 e. The first-order valence-electron chi connectivity index (χ1n) is 8.32. The third-order valence-electron chi connectivity index (χ3n) is 3.92. The van der Waals surface area contributed by atoms with Gasteiger partial charge in [-0.1, -0.05) is 24.3 Å². The monoisotopic (exact) mass is 321 g/mol. The fourth-order valence-electron chi connectivity index (χ4n) is 2.66. The molecule has 0 aliphatic heterocycles. The Morgan fingerprint density at radius 1 is 1.09 bits per heavy atom. The molecule has 0 saturated heterocycles. The fourth-order valence-corrected chi connectivity index (χ4v) is 2.66.